The van der Waals surface area contributed by atoms with E-state index in [4.69, 9.17) is 0 Å². The molecule has 4 nitrogen and oxygen atoms in total. The Hall–Kier alpha value is -2.62. The number of fused-ring (bicyclic) bond motifs is 3. The van der Waals surface area contributed by atoms with Gasteiger partial charge in [-0.2, -0.15) is 0 Å². The highest BCUT2D eigenvalue weighted by Gasteiger charge is 2.20. The lowest BCUT2D eigenvalue weighted by Gasteiger charge is -2.12. The van der Waals surface area contributed by atoms with Gasteiger partial charge in [-0.3, -0.25) is 19.6 Å². The third-order valence-electron chi connectivity index (χ3n) is 3.27. The molecule has 3 aliphatic rings. The van der Waals surface area contributed by atoms with Crippen molar-refractivity contribution in [2.45, 2.75) is 0 Å². The van der Waals surface area contributed by atoms with Gasteiger partial charge in [-0.25, -0.2) is 0 Å². The molecule has 0 fully saturated rings. The highest BCUT2D eigenvalue weighted by Crippen LogP contribution is 2.16. The van der Waals surface area contributed by atoms with Crippen LogP contribution in [0, 0.1) is 0 Å². The minimum Gasteiger partial charge on any atom is -0.289 e. The molecule has 1 aliphatic heterocycles. The zero-order valence-corrected chi connectivity index (χ0v) is 9.18. The number of pyridine rings is 2. The molecule has 0 saturated heterocycles. The number of carbonyl (C=O) groups excluding carboxylic acids is 2. The van der Waals surface area contributed by atoms with E-state index >= 15 is 0 Å². The monoisotopic (exact) mass is 234 g/mol. The van der Waals surface area contributed by atoms with Crippen LogP contribution in [0.5, 0.6) is 0 Å². The highest BCUT2D eigenvalue weighted by molar-refractivity contribution is 6.26. The van der Waals surface area contributed by atoms with Crippen LogP contribution in [0.4, 0.5) is 0 Å². The van der Waals surface area contributed by atoms with Gasteiger partial charge in [0.25, 0.3) is 0 Å². The fourth-order valence-electron chi connectivity index (χ4n) is 2.45. The fourth-order valence-corrected chi connectivity index (χ4v) is 2.45. The van der Waals surface area contributed by atoms with Gasteiger partial charge < -0.3 is 0 Å². The Morgan fingerprint density at radius 2 is 1.89 bits per heavy atom. The Morgan fingerprint density at radius 1 is 1.00 bits per heavy atom. The molecule has 2 bridgehead atoms. The van der Waals surface area contributed by atoms with Crippen molar-refractivity contribution in [3.63, 3.8) is 0 Å². The van der Waals surface area contributed by atoms with Crippen molar-refractivity contribution < 1.29 is 9.59 Å². The Morgan fingerprint density at radius 3 is 2.72 bits per heavy atom. The molecule has 0 spiro atoms. The largest absolute Gasteiger partial charge is 0.289 e. The van der Waals surface area contributed by atoms with E-state index in [0.717, 1.165) is 16.0 Å². The summed E-state index contributed by atoms with van der Waals surface area (Å²) in [4.78, 5) is 32.0. The molecule has 84 valence electrons. The third kappa shape index (κ3) is 0.996. The van der Waals surface area contributed by atoms with Crippen LogP contribution in [0.15, 0.2) is 24.5 Å². The number of aromatic nitrogens is 2. The molecular weight excluding hydrogens is 228 g/mol. The molecular formula is C14H6N2O2. The van der Waals surface area contributed by atoms with Crippen LogP contribution in [0.1, 0.15) is 20.8 Å². The van der Waals surface area contributed by atoms with Crippen molar-refractivity contribution in [2.75, 3.05) is 0 Å². The smallest absolute Gasteiger partial charge is 0.204 e. The van der Waals surface area contributed by atoms with Crippen molar-refractivity contribution in [1.82, 2.24) is 9.97 Å². The average molecular weight is 234 g/mol. The predicted octanol–water partition coefficient (Wildman–Crippen LogP) is 0.140. The van der Waals surface area contributed by atoms with Crippen LogP contribution < -0.4 is 10.6 Å². The van der Waals surface area contributed by atoms with Crippen molar-refractivity contribution >= 4 is 34.5 Å². The zero-order valence-electron chi connectivity index (χ0n) is 9.18. The van der Waals surface area contributed by atoms with E-state index < -0.39 is 0 Å². The van der Waals surface area contributed by atoms with Crippen molar-refractivity contribution in [2.24, 2.45) is 0 Å². The first-order chi connectivity index (χ1) is 8.75. The van der Waals surface area contributed by atoms with Gasteiger partial charge in [0.2, 0.25) is 5.78 Å². The van der Waals surface area contributed by atoms with E-state index in [0.29, 0.717) is 16.6 Å². The summed E-state index contributed by atoms with van der Waals surface area (Å²) in [6.07, 6.45) is 9.67. The van der Waals surface area contributed by atoms with Crippen LogP contribution in [-0.2, 0) is 0 Å². The number of carbonyl (C=O) groups is 2. The molecule has 18 heavy (non-hydrogen) atoms. The molecule has 0 unspecified atom stereocenters. The van der Waals surface area contributed by atoms with Crippen LogP contribution in [-0.4, -0.2) is 21.5 Å². The van der Waals surface area contributed by atoms with Crippen LogP contribution in [0.3, 0.4) is 0 Å². The van der Waals surface area contributed by atoms with Gasteiger partial charge in [0.1, 0.15) is 5.69 Å². The fraction of sp³-hybridized carbons (Fsp3) is 0. The second-order valence-corrected chi connectivity index (χ2v) is 4.26. The number of allylic oxidation sites excluding steroid dienone is 2. The molecule has 4 heteroatoms. The van der Waals surface area contributed by atoms with Crippen LogP contribution >= 0.6 is 0 Å². The number of Topliss-reactive ketones (excluding diaryl/α,β-unsaturated/α-hetero) is 1. The van der Waals surface area contributed by atoms with Crippen molar-refractivity contribution in [3.05, 3.63) is 46.4 Å². The first-order valence-electron chi connectivity index (χ1n) is 5.52. The maximum absolute atomic E-state index is 11.8. The Labute approximate surface area is 101 Å². The van der Waals surface area contributed by atoms with Crippen molar-refractivity contribution in [3.8, 4) is 0 Å². The Bertz CT molecular complexity index is 908. The van der Waals surface area contributed by atoms with Gasteiger partial charge in [0.05, 0.1) is 5.35 Å². The average Bonchev–Trinajstić information content (AvgIpc) is 2.39. The van der Waals surface area contributed by atoms with Gasteiger partial charge >= 0.3 is 0 Å². The molecule has 0 aromatic carbocycles. The van der Waals surface area contributed by atoms with E-state index in [-0.39, 0.29) is 11.6 Å². The summed E-state index contributed by atoms with van der Waals surface area (Å²) in [5.41, 5.74) is 0.941. The normalized spacial score (nSPS) is 15.6. The second kappa shape index (κ2) is 2.98. The van der Waals surface area contributed by atoms with E-state index in [1.54, 1.807) is 18.5 Å². The minimum atomic E-state index is -0.129. The van der Waals surface area contributed by atoms with Gasteiger partial charge in [-0.05, 0) is 6.08 Å². The molecule has 5 rings (SSSR count). The minimum absolute atomic E-state index is 0.0590. The molecule has 0 radical (unpaired) electrons. The number of hydrogen-bond acceptors (Lipinski definition) is 4. The summed E-state index contributed by atoms with van der Waals surface area (Å²) in [5, 5.41) is 2.95. The number of rotatable bonds is 0. The topological polar surface area (TPSA) is 59.9 Å². The van der Waals surface area contributed by atoms with Crippen LogP contribution in [0.2, 0.25) is 0 Å². The molecule has 0 atom stereocenters. The Kier molecular flexibility index (Phi) is 1.56. The molecule has 2 aliphatic carbocycles. The molecule has 2 aromatic rings. The van der Waals surface area contributed by atoms with Gasteiger partial charge in [0, 0.05) is 40.0 Å². The summed E-state index contributed by atoms with van der Waals surface area (Å²) >= 11 is 0. The second-order valence-electron chi connectivity index (χ2n) is 4.26. The lowest BCUT2D eigenvalue weighted by Crippen LogP contribution is -2.28. The summed E-state index contributed by atoms with van der Waals surface area (Å²) in [6.45, 7) is 0. The maximum atomic E-state index is 11.8. The summed E-state index contributed by atoms with van der Waals surface area (Å²) < 4.78 is 0. The first kappa shape index (κ1) is 9.41. The quantitative estimate of drug-likeness (QED) is 0.650. The van der Waals surface area contributed by atoms with Crippen LogP contribution in [0.25, 0.3) is 22.9 Å². The van der Waals surface area contributed by atoms with Gasteiger partial charge in [0.15, 0.2) is 5.78 Å². The Balaban J connectivity index is 2.37. The number of hydrogen-bond donors (Lipinski definition) is 0. The van der Waals surface area contributed by atoms with Crippen molar-refractivity contribution in [1.29, 1.82) is 0 Å². The summed E-state index contributed by atoms with van der Waals surface area (Å²) in [6, 6.07) is 0. The maximum Gasteiger partial charge on any atom is 0.204 e. The van der Waals surface area contributed by atoms with E-state index in [2.05, 4.69) is 9.97 Å². The predicted molar refractivity (Wildman–Crippen MR) is 65.5 cm³/mol. The third-order valence-corrected chi connectivity index (χ3v) is 3.27. The lowest BCUT2D eigenvalue weighted by molar-refractivity contribution is 0.103. The molecule has 0 amide bonds. The standard InChI is InChI=1S/C14H6N2O2/c17-11-3-1-2-7-13-8(5-16-14(7)11)10-4-12(18)9(13)6-15-10/h1-6H. The number of ketones is 2. The summed E-state index contributed by atoms with van der Waals surface area (Å²) in [7, 11) is 0. The SMILES string of the molecule is O=C1C=CC=c2c1ncc1c3ncc(c21)C(=O)C=3. The first-order valence-corrected chi connectivity index (χ1v) is 5.52. The van der Waals surface area contributed by atoms with Gasteiger partial charge in [-0.15, -0.1) is 0 Å². The number of nitrogens with zero attached hydrogens (tertiary/aromatic N) is 2. The summed E-state index contributed by atoms with van der Waals surface area (Å²) in [5.74, 6) is -0.188. The van der Waals surface area contributed by atoms with E-state index in [1.807, 2.05) is 6.08 Å². The van der Waals surface area contributed by atoms with E-state index in [9.17, 15) is 9.59 Å². The molecule has 3 heterocycles. The molecule has 2 aromatic heterocycles. The van der Waals surface area contributed by atoms with E-state index in [1.165, 1.54) is 12.2 Å². The lowest BCUT2D eigenvalue weighted by atomic mass is 9.95. The zero-order chi connectivity index (χ0) is 12.3. The highest BCUT2D eigenvalue weighted by atomic mass is 16.1. The molecule has 0 N–H and O–H groups in total. The molecule has 0 saturated carbocycles. The van der Waals surface area contributed by atoms with Gasteiger partial charge in [-0.1, -0.05) is 12.2 Å².